The van der Waals surface area contributed by atoms with Crippen molar-refractivity contribution in [2.24, 2.45) is 11.7 Å². The summed E-state index contributed by atoms with van der Waals surface area (Å²) in [4.78, 5) is 12.5. The summed E-state index contributed by atoms with van der Waals surface area (Å²) < 4.78 is 22.8. The van der Waals surface area contributed by atoms with Gasteiger partial charge in [-0.3, -0.25) is 0 Å². The van der Waals surface area contributed by atoms with Gasteiger partial charge >= 0.3 is 5.97 Å². The van der Waals surface area contributed by atoms with Crippen LogP contribution in [0.15, 0.2) is 78.2 Å². The SMILES string of the molecule is CC(C)CCOc1cccc(C2C(C#N)=C(N)Oc3cc(OC(=O)COc4ccc(C(C)C)cc4)ccc32)c1. The minimum absolute atomic E-state index is 0.0118. The molecule has 0 bridgehead atoms. The van der Waals surface area contributed by atoms with Crippen molar-refractivity contribution in [1.82, 2.24) is 0 Å². The molecule has 0 fully saturated rings. The maximum atomic E-state index is 12.5. The molecule has 1 aliphatic heterocycles. The van der Waals surface area contributed by atoms with Crippen molar-refractivity contribution in [2.45, 2.75) is 46.0 Å². The number of nitriles is 1. The molecular formula is C32H34N2O5. The molecule has 7 heteroatoms. The van der Waals surface area contributed by atoms with Crippen LogP contribution in [0.3, 0.4) is 0 Å². The van der Waals surface area contributed by atoms with E-state index in [0.29, 0.717) is 35.5 Å². The largest absolute Gasteiger partial charge is 0.494 e. The first-order chi connectivity index (χ1) is 18.7. The number of carbonyl (C=O) groups is 1. The number of hydrogen-bond donors (Lipinski definition) is 1. The Labute approximate surface area is 229 Å². The monoisotopic (exact) mass is 526 g/mol. The second kappa shape index (κ2) is 12.4. The molecular weight excluding hydrogens is 492 g/mol. The number of nitrogens with zero attached hydrogens (tertiary/aromatic N) is 1. The van der Waals surface area contributed by atoms with E-state index in [1.807, 2.05) is 48.5 Å². The number of allylic oxidation sites excluding steroid dienone is 1. The number of nitrogens with two attached hydrogens (primary N) is 1. The Morgan fingerprint density at radius 1 is 0.974 bits per heavy atom. The number of esters is 1. The topological polar surface area (TPSA) is 104 Å². The van der Waals surface area contributed by atoms with Gasteiger partial charge in [0.1, 0.15) is 34.6 Å². The molecule has 0 saturated carbocycles. The van der Waals surface area contributed by atoms with Crippen LogP contribution in [0.25, 0.3) is 0 Å². The van der Waals surface area contributed by atoms with Crippen molar-refractivity contribution in [3.63, 3.8) is 0 Å². The maximum absolute atomic E-state index is 12.5. The van der Waals surface area contributed by atoms with E-state index in [-0.39, 0.29) is 18.2 Å². The highest BCUT2D eigenvalue weighted by Gasteiger charge is 2.31. The third-order valence-electron chi connectivity index (χ3n) is 6.48. The van der Waals surface area contributed by atoms with Gasteiger partial charge in [0.15, 0.2) is 6.61 Å². The Hall–Kier alpha value is -4.44. The van der Waals surface area contributed by atoms with E-state index in [4.69, 9.17) is 24.7 Å². The molecule has 39 heavy (non-hydrogen) atoms. The van der Waals surface area contributed by atoms with E-state index >= 15 is 0 Å². The molecule has 1 aliphatic rings. The van der Waals surface area contributed by atoms with Crippen LogP contribution in [0.4, 0.5) is 0 Å². The number of rotatable bonds is 10. The Morgan fingerprint density at radius 3 is 2.41 bits per heavy atom. The van der Waals surface area contributed by atoms with E-state index in [2.05, 4.69) is 33.8 Å². The molecule has 202 valence electrons. The molecule has 0 radical (unpaired) electrons. The summed E-state index contributed by atoms with van der Waals surface area (Å²) in [6.07, 6.45) is 0.942. The average Bonchev–Trinajstić information content (AvgIpc) is 2.91. The van der Waals surface area contributed by atoms with Crippen LogP contribution in [0, 0.1) is 17.2 Å². The minimum atomic E-state index is -0.553. The Bertz CT molecular complexity index is 1390. The highest BCUT2D eigenvalue weighted by Crippen LogP contribution is 2.44. The molecule has 0 aromatic heterocycles. The van der Waals surface area contributed by atoms with Gasteiger partial charge in [0.2, 0.25) is 5.88 Å². The first kappa shape index (κ1) is 27.6. The Kier molecular flexibility index (Phi) is 8.77. The number of benzene rings is 3. The summed E-state index contributed by atoms with van der Waals surface area (Å²) in [7, 11) is 0. The molecule has 1 unspecified atom stereocenters. The normalized spacial score (nSPS) is 14.4. The fourth-order valence-corrected chi connectivity index (χ4v) is 4.29. The molecule has 0 saturated heterocycles. The van der Waals surface area contributed by atoms with Gasteiger partial charge in [0.05, 0.1) is 12.5 Å². The number of fused-ring (bicyclic) bond motifs is 1. The molecule has 0 amide bonds. The lowest BCUT2D eigenvalue weighted by molar-refractivity contribution is -0.136. The van der Waals surface area contributed by atoms with Crippen molar-refractivity contribution in [1.29, 1.82) is 5.26 Å². The highest BCUT2D eigenvalue weighted by atomic mass is 16.6. The number of carbonyl (C=O) groups excluding carboxylic acids is 1. The second-order valence-corrected chi connectivity index (χ2v) is 10.2. The molecule has 4 rings (SSSR count). The molecule has 1 atom stereocenters. The van der Waals surface area contributed by atoms with Gasteiger partial charge in [-0.25, -0.2) is 4.79 Å². The lowest BCUT2D eigenvalue weighted by Gasteiger charge is -2.27. The van der Waals surface area contributed by atoms with E-state index in [1.54, 1.807) is 18.2 Å². The van der Waals surface area contributed by atoms with Crippen LogP contribution < -0.4 is 24.7 Å². The van der Waals surface area contributed by atoms with Crippen molar-refractivity contribution < 1.29 is 23.7 Å². The predicted molar refractivity (Wildman–Crippen MR) is 149 cm³/mol. The number of ether oxygens (including phenoxy) is 4. The number of hydrogen-bond acceptors (Lipinski definition) is 7. The van der Waals surface area contributed by atoms with Gasteiger partial charge in [0.25, 0.3) is 0 Å². The molecule has 3 aromatic carbocycles. The van der Waals surface area contributed by atoms with Gasteiger partial charge in [-0.15, -0.1) is 0 Å². The second-order valence-electron chi connectivity index (χ2n) is 10.2. The zero-order valence-corrected chi connectivity index (χ0v) is 22.8. The molecule has 1 heterocycles. The molecule has 7 nitrogen and oxygen atoms in total. The van der Waals surface area contributed by atoms with Gasteiger partial charge in [0, 0.05) is 11.6 Å². The van der Waals surface area contributed by atoms with Crippen LogP contribution in [-0.4, -0.2) is 19.2 Å². The fourth-order valence-electron chi connectivity index (χ4n) is 4.29. The molecule has 0 spiro atoms. The van der Waals surface area contributed by atoms with E-state index < -0.39 is 11.9 Å². The smallest absolute Gasteiger partial charge is 0.349 e. The van der Waals surface area contributed by atoms with Crippen molar-refractivity contribution in [3.05, 3.63) is 94.9 Å². The predicted octanol–water partition coefficient (Wildman–Crippen LogP) is 6.44. The van der Waals surface area contributed by atoms with Gasteiger partial charge in [-0.2, -0.15) is 5.26 Å². The van der Waals surface area contributed by atoms with Gasteiger partial charge < -0.3 is 24.7 Å². The van der Waals surface area contributed by atoms with Gasteiger partial charge in [-0.1, -0.05) is 58.0 Å². The quantitative estimate of drug-likeness (QED) is 0.239. The van der Waals surface area contributed by atoms with Crippen molar-refractivity contribution in [2.75, 3.05) is 13.2 Å². The van der Waals surface area contributed by atoms with E-state index in [0.717, 1.165) is 23.3 Å². The van der Waals surface area contributed by atoms with E-state index in [9.17, 15) is 10.1 Å². The molecule has 3 aromatic rings. The summed E-state index contributed by atoms with van der Waals surface area (Å²) in [5.74, 6) is 1.97. The van der Waals surface area contributed by atoms with Gasteiger partial charge in [-0.05, 0) is 59.7 Å². The fraction of sp³-hybridized carbons (Fsp3) is 0.312. The zero-order chi connectivity index (χ0) is 27.9. The lowest BCUT2D eigenvalue weighted by atomic mass is 9.83. The summed E-state index contributed by atoms with van der Waals surface area (Å²) >= 11 is 0. The third-order valence-corrected chi connectivity index (χ3v) is 6.48. The first-order valence-corrected chi connectivity index (χ1v) is 13.1. The van der Waals surface area contributed by atoms with Crippen LogP contribution in [-0.2, 0) is 4.79 Å². The standard InChI is InChI=1S/C32H34N2O5/c1-20(2)14-15-36-25-7-5-6-23(16-25)31-27-13-12-26(17-29(27)39-32(34)28(31)18-33)38-30(35)19-37-24-10-8-22(9-11-24)21(3)4/h5-13,16-17,20-21,31H,14-15,19,34H2,1-4H3. The Morgan fingerprint density at radius 2 is 1.72 bits per heavy atom. The summed E-state index contributed by atoms with van der Waals surface area (Å²) in [5.41, 5.74) is 9.24. The van der Waals surface area contributed by atoms with Crippen molar-refractivity contribution >= 4 is 5.97 Å². The third kappa shape index (κ3) is 6.91. The summed E-state index contributed by atoms with van der Waals surface area (Å²) in [5, 5.41) is 9.88. The van der Waals surface area contributed by atoms with Crippen LogP contribution in [0.2, 0.25) is 0 Å². The zero-order valence-electron chi connectivity index (χ0n) is 22.8. The minimum Gasteiger partial charge on any atom is -0.494 e. The van der Waals surface area contributed by atoms with E-state index in [1.165, 1.54) is 5.56 Å². The summed E-state index contributed by atoms with van der Waals surface area (Å²) in [6, 6.07) is 22.5. The molecule has 2 N–H and O–H groups in total. The van der Waals surface area contributed by atoms with Crippen LogP contribution >= 0.6 is 0 Å². The van der Waals surface area contributed by atoms with Crippen molar-refractivity contribution in [3.8, 4) is 29.1 Å². The van der Waals surface area contributed by atoms with Crippen LogP contribution in [0.1, 0.15) is 62.6 Å². The first-order valence-electron chi connectivity index (χ1n) is 13.1. The summed E-state index contributed by atoms with van der Waals surface area (Å²) in [6.45, 7) is 8.89. The molecule has 0 aliphatic carbocycles. The lowest BCUT2D eigenvalue weighted by Crippen LogP contribution is -2.21. The average molecular weight is 527 g/mol. The Balaban J connectivity index is 1.49. The maximum Gasteiger partial charge on any atom is 0.349 e. The van der Waals surface area contributed by atoms with Crippen LogP contribution in [0.5, 0.6) is 23.0 Å². The highest BCUT2D eigenvalue weighted by molar-refractivity contribution is 5.74.